The molecule has 1 saturated heterocycles. The highest BCUT2D eigenvalue weighted by molar-refractivity contribution is 5.28. The number of hydrogen-bond acceptors (Lipinski definition) is 3. The van der Waals surface area contributed by atoms with E-state index in [0.717, 1.165) is 6.54 Å². The van der Waals surface area contributed by atoms with E-state index in [2.05, 4.69) is 24.0 Å². The lowest BCUT2D eigenvalue weighted by molar-refractivity contribution is -0.0142. The van der Waals surface area contributed by atoms with Gasteiger partial charge in [-0.3, -0.25) is 4.90 Å². The fraction of sp³-hybridized carbons (Fsp3) is 0.500. The summed E-state index contributed by atoms with van der Waals surface area (Å²) >= 11 is 0. The van der Waals surface area contributed by atoms with Crippen LogP contribution in [0, 0.1) is 6.92 Å². The van der Waals surface area contributed by atoms with Crippen LogP contribution in [0.15, 0.2) is 24.3 Å². The smallest absolute Gasteiger partial charge is 0.137 e. The number of aliphatic hydroxyl groups excluding tert-OH is 1. The van der Waals surface area contributed by atoms with E-state index < -0.39 is 0 Å². The van der Waals surface area contributed by atoms with Gasteiger partial charge in [-0.2, -0.15) is 0 Å². The second-order valence-electron chi connectivity index (χ2n) is 4.09. The fourth-order valence-electron chi connectivity index (χ4n) is 2.02. The Hall–Kier alpha value is -0.900. The highest BCUT2D eigenvalue weighted by atomic mass is 16.5. The summed E-state index contributed by atoms with van der Waals surface area (Å²) in [6.45, 7) is 2.96. The first kappa shape index (κ1) is 10.6. The van der Waals surface area contributed by atoms with E-state index in [1.54, 1.807) is 0 Å². The van der Waals surface area contributed by atoms with Gasteiger partial charge >= 0.3 is 0 Å². The predicted molar refractivity (Wildman–Crippen MR) is 58.5 cm³/mol. The Morgan fingerprint density at radius 3 is 2.80 bits per heavy atom. The van der Waals surface area contributed by atoms with Gasteiger partial charge in [0.1, 0.15) is 6.23 Å². The van der Waals surface area contributed by atoms with Gasteiger partial charge < -0.3 is 9.84 Å². The Kier molecular flexibility index (Phi) is 3.05. The van der Waals surface area contributed by atoms with E-state index in [0.29, 0.717) is 0 Å². The molecule has 1 aliphatic rings. The maximum absolute atomic E-state index is 9.07. The number of ether oxygens (including phenoxy) is 1. The van der Waals surface area contributed by atoms with Gasteiger partial charge in [0, 0.05) is 6.54 Å². The van der Waals surface area contributed by atoms with Gasteiger partial charge in [-0.25, -0.2) is 0 Å². The number of rotatable bonds is 2. The average Bonchev–Trinajstić information content (AvgIpc) is 2.60. The molecule has 0 saturated carbocycles. The Bertz CT molecular complexity index is 340. The van der Waals surface area contributed by atoms with Crippen molar-refractivity contribution in [2.75, 3.05) is 20.2 Å². The van der Waals surface area contributed by atoms with Crippen molar-refractivity contribution in [3.05, 3.63) is 35.4 Å². The number of hydrogen-bond donors (Lipinski definition) is 1. The quantitative estimate of drug-likeness (QED) is 0.793. The van der Waals surface area contributed by atoms with Crippen molar-refractivity contribution >= 4 is 0 Å². The Balaban J connectivity index is 2.21. The molecule has 3 heteroatoms. The van der Waals surface area contributed by atoms with Crippen LogP contribution in [0.3, 0.4) is 0 Å². The van der Waals surface area contributed by atoms with Gasteiger partial charge in [0.25, 0.3) is 0 Å². The average molecular weight is 207 g/mol. The lowest BCUT2D eigenvalue weighted by Crippen LogP contribution is -2.21. The van der Waals surface area contributed by atoms with Crippen molar-refractivity contribution in [2.45, 2.75) is 19.3 Å². The van der Waals surface area contributed by atoms with Crippen molar-refractivity contribution < 1.29 is 9.84 Å². The molecule has 0 amide bonds. The minimum absolute atomic E-state index is 0.0108. The lowest BCUT2D eigenvalue weighted by Gasteiger charge is -2.20. The monoisotopic (exact) mass is 207 g/mol. The first-order valence-electron chi connectivity index (χ1n) is 5.24. The van der Waals surface area contributed by atoms with Gasteiger partial charge in [-0.1, -0.05) is 24.3 Å². The van der Waals surface area contributed by atoms with Crippen LogP contribution in [-0.2, 0) is 4.74 Å². The summed E-state index contributed by atoms with van der Waals surface area (Å²) in [4.78, 5) is 2.13. The van der Waals surface area contributed by atoms with Crippen molar-refractivity contribution in [1.82, 2.24) is 4.90 Å². The summed E-state index contributed by atoms with van der Waals surface area (Å²) in [5.41, 5.74) is 2.42. The normalized spacial score (nSPS) is 27.1. The SMILES string of the molecule is Cc1ccccc1C1OC(CO)CN1C. The van der Waals surface area contributed by atoms with Gasteiger partial charge in [-0.15, -0.1) is 0 Å². The molecule has 82 valence electrons. The Labute approximate surface area is 90.3 Å². The van der Waals surface area contributed by atoms with Crippen molar-refractivity contribution in [2.24, 2.45) is 0 Å². The number of aryl methyl sites for hydroxylation is 1. The summed E-state index contributed by atoms with van der Waals surface area (Å²) in [5.74, 6) is 0. The second-order valence-corrected chi connectivity index (χ2v) is 4.09. The molecule has 3 nitrogen and oxygen atoms in total. The van der Waals surface area contributed by atoms with Crippen molar-refractivity contribution in [1.29, 1.82) is 0 Å². The summed E-state index contributed by atoms with van der Waals surface area (Å²) < 4.78 is 5.77. The van der Waals surface area contributed by atoms with Crippen LogP contribution in [0.5, 0.6) is 0 Å². The molecule has 1 fully saturated rings. The molecule has 0 spiro atoms. The van der Waals surface area contributed by atoms with Crippen molar-refractivity contribution in [3.63, 3.8) is 0 Å². The molecule has 1 aromatic carbocycles. The van der Waals surface area contributed by atoms with Crippen LogP contribution >= 0.6 is 0 Å². The molecule has 0 aliphatic carbocycles. The molecular weight excluding hydrogens is 190 g/mol. The van der Waals surface area contributed by atoms with Crippen LogP contribution < -0.4 is 0 Å². The van der Waals surface area contributed by atoms with E-state index in [1.165, 1.54) is 11.1 Å². The largest absolute Gasteiger partial charge is 0.394 e. The molecule has 0 radical (unpaired) electrons. The number of aliphatic hydroxyl groups is 1. The van der Waals surface area contributed by atoms with Gasteiger partial charge in [-0.05, 0) is 25.1 Å². The zero-order valence-electron chi connectivity index (χ0n) is 9.18. The molecule has 2 unspecified atom stereocenters. The molecule has 0 bridgehead atoms. The van der Waals surface area contributed by atoms with Gasteiger partial charge in [0.2, 0.25) is 0 Å². The number of benzene rings is 1. The third-order valence-corrected chi connectivity index (χ3v) is 2.87. The molecule has 1 aromatic rings. The van der Waals surface area contributed by atoms with E-state index in [1.807, 2.05) is 19.2 Å². The molecule has 2 atom stereocenters. The third kappa shape index (κ3) is 2.04. The summed E-state index contributed by atoms with van der Waals surface area (Å²) in [7, 11) is 2.02. The van der Waals surface area contributed by atoms with Crippen LogP contribution in [0.4, 0.5) is 0 Å². The zero-order chi connectivity index (χ0) is 10.8. The zero-order valence-corrected chi connectivity index (χ0v) is 9.18. The highest BCUT2D eigenvalue weighted by Gasteiger charge is 2.31. The maximum atomic E-state index is 9.07. The molecule has 1 N–H and O–H groups in total. The summed E-state index contributed by atoms with van der Waals surface area (Å²) in [6, 6.07) is 8.21. The topological polar surface area (TPSA) is 32.7 Å². The van der Waals surface area contributed by atoms with Crippen LogP contribution in [-0.4, -0.2) is 36.3 Å². The maximum Gasteiger partial charge on any atom is 0.137 e. The molecule has 1 heterocycles. The second kappa shape index (κ2) is 4.31. The highest BCUT2D eigenvalue weighted by Crippen LogP contribution is 2.30. The standard InChI is InChI=1S/C12H17NO2/c1-9-5-3-4-6-11(9)12-13(2)7-10(8-14)15-12/h3-6,10,12,14H,7-8H2,1-2H3. The summed E-state index contributed by atoms with van der Waals surface area (Å²) in [5, 5.41) is 9.07. The van der Waals surface area contributed by atoms with E-state index >= 15 is 0 Å². The minimum Gasteiger partial charge on any atom is -0.394 e. The van der Waals surface area contributed by atoms with Gasteiger partial charge in [0.05, 0.1) is 12.7 Å². The van der Waals surface area contributed by atoms with E-state index in [4.69, 9.17) is 9.84 Å². The fourth-order valence-corrected chi connectivity index (χ4v) is 2.02. The van der Waals surface area contributed by atoms with Crippen molar-refractivity contribution in [3.8, 4) is 0 Å². The van der Waals surface area contributed by atoms with Crippen LogP contribution in [0.2, 0.25) is 0 Å². The Morgan fingerprint density at radius 1 is 1.47 bits per heavy atom. The molecule has 15 heavy (non-hydrogen) atoms. The predicted octanol–water partition coefficient (Wildman–Crippen LogP) is 1.32. The lowest BCUT2D eigenvalue weighted by atomic mass is 10.1. The first-order chi connectivity index (χ1) is 7.22. The van der Waals surface area contributed by atoms with E-state index in [-0.39, 0.29) is 18.9 Å². The molecular formula is C12H17NO2. The Morgan fingerprint density at radius 2 is 2.20 bits per heavy atom. The third-order valence-electron chi connectivity index (χ3n) is 2.87. The molecule has 2 rings (SSSR count). The van der Waals surface area contributed by atoms with Crippen LogP contribution in [0.1, 0.15) is 17.4 Å². The van der Waals surface area contributed by atoms with Crippen LogP contribution in [0.25, 0.3) is 0 Å². The summed E-state index contributed by atoms with van der Waals surface area (Å²) in [6.07, 6.45) is -0.0667. The number of nitrogens with zero attached hydrogens (tertiary/aromatic N) is 1. The number of likely N-dealkylation sites (N-methyl/N-ethyl adjacent to an activating group) is 1. The molecule has 0 aromatic heterocycles. The molecule has 1 aliphatic heterocycles. The first-order valence-corrected chi connectivity index (χ1v) is 5.24. The van der Waals surface area contributed by atoms with Gasteiger partial charge in [0.15, 0.2) is 0 Å². The van der Waals surface area contributed by atoms with E-state index in [9.17, 15) is 0 Å². The minimum atomic E-state index is -0.0559.